The van der Waals surface area contributed by atoms with Crippen LogP contribution in [0, 0.1) is 0 Å². The normalized spacial score (nSPS) is 14.9. The van der Waals surface area contributed by atoms with Crippen molar-refractivity contribution in [2.24, 2.45) is 0 Å². The van der Waals surface area contributed by atoms with Crippen LogP contribution in [-0.4, -0.2) is 219 Å². The molecule has 11 rings (SSSR count). The molecule has 5 heterocycles. The number of rotatable bonds is 17. The lowest BCUT2D eigenvalue weighted by atomic mass is 9.87. The van der Waals surface area contributed by atoms with E-state index in [9.17, 15) is 52.7 Å². The zero-order chi connectivity index (χ0) is 91.9. The summed E-state index contributed by atoms with van der Waals surface area (Å²) in [5.74, 6) is -3.01. The molecular formula is C101H140N6O17. The molecule has 676 valence electrons. The summed E-state index contributed by atoms with van der Waals surface area (Å²) in [6, 6.07) is 44.5. The number of likely N-dealkylation sites (N-methyl/N-ethyl adjacent to an activating group) is 1. The van der Waals surface area contributed by atoms with Gasteiger partial charge in [-0.2, -0.15) is 0 Å². The molecule has 23 nitrogen and oxygen atoms in total. The van der Waals surface area contributed by atoms with Gasteiger partial charge in [0.25, 0.3) is 29.5 Å². The minimum absolute atomic E-state index is 0.0415. The Morgan fingerprint density at radius 2 is 0.395 bits per heavy atom. The monoisotopic (exact) mass is 1710 g/mol. The molecule has 0 unspecified atom stereocenters. The van der Waals surface area contributed by atoms with Gasteiger partial charge in [-0.25, -0.2) is 28.8 Å². The predicted molar refractivity (Wildman–Crippen MR) is 485 cm³/mol. The van der Waals surface area contributed by atoms with Gasteiger partial charge in [0.05, 0.1) is 39.5 Å². The van der Waals surface area contributed by atoms with Gasteiger partial charge < -0.3 is 57.8 Å². The van der Waals surface area contributed by atoms with Gasteiger partial charge in [-0.15, -0.1) is 0 Å². The van der Waals surface area contributed by atoms with E-state index in [2.05, 4.69) is 130 Å². The fourth-order valence-corrected chi connectivity index (χ4v) is 13.3. The van der Waals surface area contributed by atoms with Crippen LogP contribution in [0.15, 0.2) is 146 Å². The Balaban J connectivity index is 0.000000231. The van der Waals surface area contributed by atoms with Crippen molar-refractivity contribution in [3.8, 4) is 0 Å². The molecule has 0 aromatic heterocycles. The summed E-state index contributed by atoms with van der Waals surface area (Å²) >= 11 is 0. The Kier molecular flexibility index (Phi) is 39.2. The minimum atomic E-state index is -0.451. The van der Waals surface area contributed by atoms with Crippen LogP contribution in [0.3, 0.4) is 0 Å². The summed E-state index contributed by atoms with van der Waals surface area (Å²) in [4.78, 5) is 142. The third-order valence-electron chi connectivity index (χ3n) is 21.8. The largest absolute Gasteiger partial charge is 0.459 e. The quantitative estimate of drug-likeness (QED) is 0.0607. The van der Waals surface area contributed by atoms with Crippen molar-refractivity contribution >= 4 is 65.4 Å². The van der Waals surface area contributed by atoms with Crippen molar-refractivity contribution in [1.29, 1.82) is 0 Å². The molecule has 0 spiro atoms. The van der Waals surface area contributed by atoms with E-state index in [0.717, 1.165) is 138 Å². The molecule has 6 aromatic rings. The molecule has 0 N–H and O–H groups in total. The van der Waals surface area contributed by atoms with Gasteiger partial charge in [-0.1, -0.05) is 197 Å². The third kappa shape index (κ3) is 34.9. The lowest BCUT2D eigenvalue weighted by Gasteiger charge is -2.32. The summed E-state index contributed by atoms with van der Waals surface area (Å²) in [5.41, 5.74) is 10.4. The van der Waals surface area contributed by atoms with Crippen LogP contribution in [0.1, 0.15) is 292 Å². The van der Waals surface area contributed by atoms with E-state index in [0.29, 0.717) is 46.5 Å². The third-order valence-corrected chi connectivity index (χ3v) is 21.8. The van der Waals surface area contributed by atoms with Gasteiger partial charge in [0.2, 0.25) is 0 Å². The van der Waals surface area contributed by atoms with Crippen LogP contribution < -0.4 is 0 Å². The average molecular weight is 1710 g/mol. The number of nitrogens with zero attached hydrogens (tertiary/aromatic N) is 6. The van der Waals surface area contributed by atoms with Crippen LogP contribution in [0.5, 0.6) is 0 Å². The van der Waals surface area contributed by atoms with E-state index in [1.807, 2.05) is 106 Å². The maximum absolute atomic E-state index is 12.1. The topological polar surface area (TPSA) is 263 Å². The highest BCUT2D eigenvalue weighted by atomic mass is 16.6. The van der Waals surface area contributed by atoms with Crippen LogP contribution in [0.25, 0.3) is 0 Å². The van der Waals surface area contributed by atoms with Crippen molar-refractivity contribution in [2.75, 3.05) is 119 Å². The molecule has 0 bridgehead atoms. The smallest absolute Gasteiger partial charge is 0.338 e. The van der Waals surface area contributed by atoms with Crippen molar-refractivity contribution in [3.05, 3.63) is 212 Å². The second kappa shape index (κ2) is 47.5. The zero-order valence-electron chi connectivity index (χ0n) is 77.9. The number of amides is 5. The maximum Gasteiger partial charge on any atom is 0.338 e. The number of piperidine rings is 2. The predicted octanol–water partition coefficient (Wildman–Crippen LogP) is 16.9. The lowest BCUT2D eigenvalue weighted by molar-refractivity contribution is -0.138. The van der Waals surface area contributed by atoms with Crippen molar-refractivity contribution in [1.82, 2.24) is 29.4 Å². The summed E-state index contributed by atoms with van der Waals surface area (Å²) in [5, 5.41) is 0. The molecule has 0 aliphatic carbocycles. The summed E-state index contributed by atoms with van der Waals surface area (Å²) in [6.45, 7) is 50.4. The summed E-state index contributed by atoms with van der Waals surface area (Å²) in [6.07, 6.45) is 9.52. The van der Waals surface area contributed by atoms with Crippen LogP contribution in [-0.2, 0) is 84.9 Å². The standard InChI is InChI=1S/C18H26N2O3.2C18H25NO3.C17H23NO3.C16H21NO3.C14H20O2/c1-18(2,3)15-7-5-14(6-8-15)17(22)23-13-16(21)20-11-9-19(4)10-12-20;2*1-18(2,3)15-9-7-14(8-10-15)17(21)22-13-16(20)19-11-5-4-6-12-19;1-17(2,3)14-8-6-13(7-9-14)16(20)21-12-15(19)18-10-4-5-11-18;1-16(2,3)13-7-5-12(6-8-13)15(19)20-11-14(18)17-9-4-10-17;1-10(2)16-13(15)11-6-8-12(9-7-11)14(3,4)5/h5-8H,9-13H2,1-4H3;2*7-10H,4-6,11-13H2,1-3H3;6-9H,4-5,10-12H2,1-3H3;5-8H,4,9-11H2,1-3H3;6-10H,1-5H3. The number of esters is 6. The van der Waals surface area contributed by atoms with Gasteiger partial charge >= 0.3 is 35.8 Å². The number of likely N-dealkylation sites (tertiary alicyclic amines) is 4. The molecule has 5 fully saturated rings. The first-order valence-electron chi connectivity index (χ1n) is 43.9. The number of carbonyl (C=O) groups excluding carboxylic acids is 11. The first-order chi connectivity index (χ1) is 58.1. The fraction of sp³-hybridized carbons (Fsp3) is 0.535. The van der Waals surface area contributed by atoms with E-state index in [1.54, 1.807) is 85.2 Å². The Bertz CT molecular complexity index is 4330. The van der Waals surface area contributed by atoms with E-state index < -0.39 is 29.8 Å². The summed E-state index contributed by atoms with van der Waals surface area (Å²) < 4.78 is 30.7. The number of hydrogen-bond acceptors (Lipinski definition) is 18. The van der Waals surface area contributed by atoms with Crippen molar-refractivity contribution in [2.45, 2.75) is 235 Å². The average Bonchev–Trinajstić information content (AvgIpc) is 0.936. The molecule has 0 radical (unpaired) electrons. The fourth-order valence-electron chi connectivity index (χ4n) is 13.3. The molecular weight excluding hydrogens is 1570 g/mol. The highest BCUT2D eigenvalue weighted by Gasteiger charge is 2.28. The number of piperazine rings is 1. The highest BCUT2D eigenvalue weighted by Crippen LogP contribution is 2.29. The minimum Gasteiger partial charge on any atom is -0.459 e. The Morgan fingerprint density at radius 1 is 0.234 bits per heavy atom. The zero-order valence-corrected chi connectivity index (χ0v) is 77.9. The molecule has 0 saturated carbocycles. The Morgan fingerprint density at radius 3 is 0.556 bits per heavy atom. The van der Waals surface area contributed by atoms with E-state index in [1.165, 1.54) is 18.4 Å². The number of carbonyl (C=O) groups is 11. The van der Waals surface area contributed by atoms with Crippen LogP contribution >= 0.6 is 0 Å². The Hall–Kier alpha value is -10.6. The first-order valence-corrected chi connectivity index (χ1v) is 43.9. The van der Waals surface area contributed by atoms with Crippen molar-refractivity contribution in [3.63, 3.8) is 0 Å². The number of ether oxygens (including phenoxy) is 6. The molecule has 124 heavy (non-hydrogen) atoms. The van der Waals surface area contributed by atoms with Gasteiger partial charge in [0, 0.05) is 78.5 Å². The van der Waals surface area contributed by atoms with E-state index in [-0.39, 0.29) is 107 Å². The Labute approximate surface area is 737 Å². The first kappa shape index (κ1) is 102. The molecule has 5 aliphatic heterocycles. The highest BCUT2D eigenvalue weighted by molar-refractivity contribution is 5.95. The second-order valence-electron chi connectivity index (χ2n) is 38.7. The number of hydrogen-bond donors (Lipinski definition) is 0. The molecule has 6 aromatic carbocycles. The lowest BCUT2D eigenvalue weighted by Crippen LogP contribution is -2.48. The van der Waals surface area contributed by atoms with Crippen LogP contribution in [0.2, 0.25) is 0 Å². The second-order valence-corrected chi connectivity index (χ2v) is 38.7. The van der Waals surface area contributed by atoms with Crippen molar-refractivity contribution < 1.29 is 81.2 Å². The summed E-state index contributed by atoms with van der Waals surface area (Å²) in [7, 11) is 2.03. The molecule has 5 aliphatic rings. The maximum atomic E-state index is 12.1. The molecule has 5 saturated heterocycles. The molecule has 23 heteroatoms. The van der Waals surface area contributed by atoms with Gasteiger partial charge in [-0.05, 0) is 217 Å². The molecule has 0 atom stereocenters. The van der Waals surface area contributed by atoms with E-state index >= 15 is 0 Å². The van der Waals surface area contributed by atoms with Gasteiger partial charge in [-0.3, -0.25) is 24.0 Å². The van der Waals surface area contributed by atoms with Gasteiger partial charge in [0.15, 0.2) is 33.0 Å². The van der Waals surface area contributed by atoms with E-state index in [4.69, 9.17) is 28.4 Å². The molecule has 5 amide bonds. The SMILES string of the molecule is CC(C)(C)c1ccc(C(=O)OCC(=O)N2CCC2)cc1.CC(C)(C)c1ccc(C(=O)OCC(=O)N2CCCC2)cc1.CC(C)(C)c1ccc(C(=O)OCC(=O)N2CCCCC2)cc1.CC(C)(C)c1ccc(C(=O)OCC(=O)N2CCCCC2)cc1.CC(C)OC(=O)c1ccc(C(C)(C)C)cc1.CN1CCN(C(=O)COC(=O)c2ccc(C(C)(C)C)cc2)CC1. The van der Waals surface area contributed by atoms with Crippen LogP contribution in [0.4, 0.5) is 0 Å². The number of benzene rings is 6. The van der Waals surface area contributed by atoms with Gasteiger partial charge in [0.1, 0.15) is 0 Å².